The van der Waals surface area contributed by atoms with Crippen LogP contribution in [0.3, 0.4) is 0 Å². The summed E-state index contributed by atoms with van der Waals surface area (Å²) in [6.45, 7) is 0. The third-order valence-corrected chi connectivity index (χ3v) is 6.27. The van der Waals surface area contributed by atoms with Gasteiger partial charge in [-0.15, -0.1) is 10.2 Å². The van der Waals surface area contributed by atoms with Crippen LogP contribution in [-0.4, -0.2) is 60.7 Å². The van der Waals surface area contributed by atoms with E-state index in [9.17, 15) is 0 Å². The lowest BCUT2D eigenvalue weighted by Crippen LogP contribution is -2.01. The van der Waals surface area contributed by atoms with Gasteiger partial charge in [-0.2, -0.15) is 9.36 Å². The predicted octanol–water partition coefficient (Wildman–Crippen LogP) is 2.27. The Morgan fingerprint density at radius 1 is 0.606 bits per heavy atom. The largest absolute Gasteiger partial charge is 0.244 e. The molecule has 6 aromatic rings. The van der Waals surface area contributed by atoms with Crippen LogP contribution >= 0.6 is 23.5 Å². The number of hydrogen-bond donors (Lipinski definition) is 0. The standard InChI is InChI=1S/C18H10N12OS2/c1-3-7-11(8-4-1)29-17(21-25-27-29)32-15-16(20-14-13(19-15)23-31-24-14)33-18-22-26-28-30(18)12-9-5-2-6-10-12/h1-10H. The Labute approximate surface area is 192 Å². The van der Waals surface area contributed by atoms with Crippen LogP contribution in [0.4, 0.5) is 0 Å². The number of para-hydroxylation sites is 2. The molecule has 0 radical (unpaired) electrons. The van der Waals surface area contributed by atoms with Crippen LogP contribution in [0.1, 0.15) is 0 Å². The minimum absolute atomic E-state index is 0.267. The van der Waals surface area contributed by atoms with Gasteiger partial charge >= 0.3 is 0 Å². The molecular formula is C18H10N12OS2. The van der Waals surface area contributed by atoms with Crippen molar-refractivity contribution in [1.82, 2.24) is 60.7 Å². The van der Waals surface area contributed by atoms with Gasteiger partial charge in [0, 0.05) is 0 Å². The number of rotatable bonds is 6. The summed E-state index contributed by atoms with van der Waals surface area (Å²) in [5.41, 5.74) is 2.15. The van der Waals surface area contributed by atoms with Gasteiger partial charge in [0.2, 0.25) is 21.6 Å². The SMILES string of the molecule is c1ccc(-n2nnnc2Sc2nc3nonc3nc2Sc2nnnn2-c2ccccc2)cc1. The van der Waals surface area contributed by atoms with Gasteiger partial charge in [0.25, 0.3) is 0 Å². The first kappa shape index (κ1) is 19.4. The maximum Gasteiger partial charge on any atom is 0.244 e. The number of fused-ring (bicyclic) bond motifs is 1. The Kier molecular flexibility index (Phi) is 4.93. The lowest BCUT2D eigenvalue weighted by Gasteiger charge is -2.07. The van der Waals surface area contributed by atoms with Gasteiger partial charge in [-0.05, 0) is 79.0 Å². The third kappa shape index (κ3) is 3.79. The molecule has 160 valence electrons. The molecule has 0 atom stereocenters. The van der Waals surface area contributed by atoms with Crippen molar-refractivity contribution in [2.75, 3.05) is 0 Å². The summed E-state index contributed by atoms with van der Waals surface area (Å²) in [5.74, 6) is 0. The van der Waals surface area contributed by atoms with E-state index in [1.807, 2.05) is 60.7 Å². The van der Waals surface area contributed by atoms with Gasteiger partial charge in [0.1, 0.15) is 10.1 Å². The highest BCUT2D eigenvalue weighted by Crippen LogP contribution is 2.36. The highest BCUT2D eigenvalue weighted by Gasteiger charge is 2.21. The molecule has 0 amide bonds. The van der Waals surface area contributed by atoms with Crippen LogP contribution in [0.15, 0.2) is 85.7 Å². The average molecular weight is 474 g/mol. The monoisotopic (exact) mass is 474 g/mol. The van der Waals surface area contributed by atoms with Gasteiger partial charge in [-0.3, -0.25) is 0 Å². The normalized spacial score (nSPS) is 11.3. The van der Waals surface area contributed by atoms with Crippen molar-refractivity contribution in [3.63, 3.8) is 0 Å². The second-order valence-corrected chi connectivity index (χ2v) is 8.28. The predicted molar refractivity (Wildman–Crippen MR) is 114 cm³/mol. The Balaban J connectivity index is 1.40. The van der Waals surface area contributed by atoms with Crippen LogP contribution in [0.2, 0.25) is 0 Å². The number of tetrazole rings is 2. The lowest BCUT2D eigenvalue weighted by molar-refractivity contribution is 0.314. The molecule has 4 aromatic heterocycles. The molecule has 0 spiro atoms. The van der Waals surface area contributed by atoms with E-state index in [1.165, 1.54) is 23.5 Å². The molecule has 4 heterocycles. The van der Waals surface area contributed by atoms with Crippen LogP contribution in [-0.2, 0) is 0 Å². The molecule has 13 nitrogen and oxygen atoms in total. The summed E-state index contributed by atoms with van der Waals surface area (Å²) in [5, 5.41) is 33.7. The molecule has 0 bridgehead atoms. The molecule has 0 N–H and O–H groups in total. The molecule has 0 aliphatic heterocycles. The fourth-order valence-corrected chi connectivity index (χ4v) is 4.60. The number of benzene rings is 2. The zero-order chi connectivity index (χ0) is 22.0. The second-order valence-electron chi connectivity index (χ2n) is 6.37. The van der Waals surface area contributed by atoms with Crippen molar-refractivity contribution < 1.29 is 4.63 Å². The molecule has 0 aliphatic rings. The molecule has 0 unspecified atom stereocenters. The van der Waals surface area contributed by atoms with Crippen molar-refractivity contribution in [2.45, 2.75) is 20.4 Å². The summed E-state index contributed by atoms with van der Waals surface area (Å²) < 4.78 is 8.02. The minimum atomic E-state index is 0.267. The van der Waals surface area contributed by atoms with Crippen LogP contribution < -0.4 is 0 Å². The minimum Gasteiger partial charge on any atom is -0.240 e. The van der Waals surface area contributed by atoms with E-state index in [2.05, 4.69) is 51.3 Å². The third-order valence-electron chi connectivity index (χ3n) is 4.31. The van der Waals surface area contributed by atoms with E-state index < -0.39 is 0 Å². The molecule has 0 saturated carbocycles. The quantitative estimate of drug-likeness (QED) is 0.347. The molecule has 15 heteroatoms. The number of nitrogens with zero attached hydrogens (tertiary/aromatic N) is 12. The Hall–Kier alpha value is -4.24. The van der Waals surface area contributed by atoms with Crippen molar-refractivity contribution in [3.05, 3.63) is 60.7 Å². The van der Waals surface area contributed by atoms with Gasteiger partial charge in [0.15, 0.2) is 0 Å². The highest BCUT2D eigenvalue weighted by atomic mass is 32.2. The molecule has 0 aliphatic carbocycles. The summed E-state index contributed by atoms with van der Waals surface area (Å²) in [4.78, 5) is 9.11. The van der Waals surface area contributed by atoms with Crippen LogP contribution in [0.25, 0.3) is 22.7 Å². The van der Waals surface area contributed by atoms with E-state index in [0.29, 0.717) is 20.4 Å². The summed E-state index contributed by atoms with van der Waals surface area (Å²) in [7, 11) is 0. The number of aromatic nitrogens is 12. The van der Waals surface area contributed by atoms with Gasteiger partial charge in [-0.1, -0.05) is 36.4 Å². The van der Waals surface area contributed by atoms with Crippen LogP contribution in [0, 0.1) is 0 Å². The molecule has 6 rings (SSSR count). The molecule has 0 saturated heterocycles. The van der Waals surface area contributed by atoms with Gasteiger partial charge < -0.3 is 0 Å². The first-order valence-electron chi connectivity index (χ1n) is 9.39. The van der Waals surface area contributed by atoms with Gasteiger partial charge in [-0.25, -0.2) is 14.6 Å². The summed E-state index contributed by atoms with van der Waals surface area (Å²) in [6.07, 6.45) is 0. The summed E-state index contributed by atoms with van der Waals surface area (Å²) >= 11 is 2.46. The first-order valence-corrected chi connectivity index (χ1v) is 11.0. The number of hydrogen-bond acceptors (Lipinski definition) is 13. The van der Waals surface area contributed by atoms with Crippen molar-refractivity contribution in [3.8, 4) is 11.4 Å². The van der Waals surface area contributed by atoms with E-state index >= 15 is 0 Å². The van der Waals surface area contributed by atoms with E-state index in [1.54, 1.807) is 9.36 Å². The highest BCUT2D eigenvalue weighted by molar-refractivity contribution is 8.02. The van der Waals surface area contributed by atoms with Crippen molar-refractivity contribution in [2.24, 2.45) is 0 Å². The van der Waals surface area contributed by atoms with E-state index in [-0.39, 0.29) is 11.3 Å². The Bertz CT molecular complexity index is 1420. The zero-order valence-electron chi connectivity index (χ0n) is 16.4. The van der Waals surface area contributed by atoms with E-state index in [0.717, 1.165) is 11.4 Å². The summed E-state index contributed by atoms with van der Waals surface area (Å²) in [6, 6.07) is 19.1. The van der Waals surface area contributed by atoms with Crippen molar-refractivity contribution >= 4 is 34.8 Å². The molecular weight excluding hydrogens is 464 g/mol. The first-order chi connectivity index (χ1) is 16.3. The maximum absolute atomic E-state index is 4.80. The topological polar surface area (TPSA) is 152 Å². The average Bonchev–Trinajstić information content (AvgIpc) is 3.61. The fraction of sp³-hybridized carbons (Fsp3) is 0. The Morgan fingerprint density at radius 3 is 1.52 bits per heavy atom. The smallest absolute Gasteiger partial charge is 0.240 e. The van der Waals surface area contributed by atoms with E-state index in [4.69, 9.17) is 4.63 Å². The molecule has 33 heavy (non-hydrogen) atoms. The zero-order valence-corrected chi connectivity index (χ0v) is 18.0. The van der Waals surface area contributed by atoms with Crippen LogP contribution in [0.5, 0.6) is 0 Å². The fourth-order valence-electron chi connectivity index (χ4n) is 2.86. The van der Waals surface area contributed by atoms with Gasteiger partial charge in [0.05, 0.1) is 11.4 Å². The molecule has 2 aromatic carbocycles. The molecule has 0 fully saturated rings. The lowest BCUT2D eigenvalue weighted by atomic mass is 10.3. The second kappa shape index (κ2) is 8.36. The maximum atomic E-state index is 4.80. The van der Waals surface area contributed by atoms with Crippen molar-refractivity contribution in [1.29, 1.82) is 0 Å². The Morgan fingerprint density at radius 2 is 1.06 bits per heavy atom.